The minimum Gasteiger partial charge on any atom is -0.502 e. The van der Waals surface area contributed by atoms with Gasteiger partial charge in [0.15, 0.2) is 5.75 Å². The number of nitro benzene ring substituents is 1. The molecule has 0 aliphatic carbocycles. The molecule has 1 aromatic rings. The van der Waals surface area contributed by atoms with E-state index in [-0.39, 0.29) is 29.9 Å². The molecule has 0 amide bonds. The summed E-state index contributed by atoms with van der Waals surface area (Å²) in [7, 11) is 0. The van der Waals surface area contributed by atoms with Gasteiger partial charge in [-0.25, -0.2) is 0 Å². The fourth-order valence-electron chi connectivity index (χ4n) is 1.80. The minimum absolute atomic E-state index is 0. The van der Waals surface area contributed by atoms with Crippen LogP contribution >= 0.6 is 28.3 Å². The Morgan fingerprint density at radius 1 is 1.47 bits per heavy atom. The highest BCUT2D eigenvalue weighted by Gasteiger charge is 2.21. The summed E-state index contributed by atoms with van der Waals surface area (Å²) in [6.45, 7) is 2.09. The standard InChI is InChI=1S/C12H17BrN2O3.ClH/c1-2-3-4-5-10(14)9-6-8(13)7-11(12(9)16)15(17)18;/h6-7,10,16H,2-5,14H2,1H3;1H/t10-;/m0./s1. The van der Waals surface area contributed by atoms with E-state index in [1.165, 1.54) is 6.07 Å². The van der Waals surface area contributed by atoms with Crippen LogP contribution in [0.1, 0.15) is 44.2 Å². The van der Waals surface area contributed by atoms with Gasteiger partial charge in [-0.1, -0.05) is 42.1 Å². The first kappa shape index (κ1) is 18.1. The number of nitrogens with two attached hydrogens (primary N) is 1. The summed E-state index contributed by atoms with van der Waals surface area (Å²) in [4.78, 5) is 10.2. The van der Waals surface area contributed by atoms with Crippen molar-refractivity contribution in [1.82, 2.24) is 0 Å². The van der Waals surface area contributed by atoms with Gasteiger partial charge in [0.2, 0.25) is 0 Å². The molecule has 0 unspecified atom stereocenters. The van der Waals surface area contributed by atoms with Crippen molar-refractivity contribution in [2.24, 2.45) is 5.73 Å². The molecule has 7 heteroatoms. The Morgan fingerprint density at radius 3 is 2.63 bits per heavy atom. The SMILES string of the molecule is CCCCC[C@H](N)c1cc(Br)cc([N+](=O)[O-])c1O.Cl. The summed E-state index contributed by atoms with van der Waals surface area (Å²) in [6, 6.07) is 2.53. The number of halogens is 2. The fourth-order valence-corrected chi connectivity index (χ4v) is 2.26. The fraction of sp³-hybridized carbons (Fsp3) is 0.500. The predicted molar refractivity (Wildman–Crippen MR) is 80.8 cm³/mol. The van der Waals surface area contributed by atoms with E-state index in [0.717, 1.165) is 19.3 Å². The zero-order valence-corrected chi connectivity index (χ0v) is 13.0. The molecule has 1 rings (SSSR count). The normalized spacial score (nSPS) is 11.7. The first-order chi connectivity index (χ1) is 8.47. The lowest BCUT2D eigenvalue weighted by Gasteiger charge is -2.14. The van der Waals surface area contributed by atoms with Crippen LogP contribution in [0.25, 0.3) is 0 Å². The number of aromatic hydroxyl groups is 1. The van der Waals surface area contributed by atoms with Gasteiger partial charge in [-0.05, 0) is 12.5 Å². The Morgan fingerprint density at radius 2 is 2.11 bits per heavy atom. The Bertz CT molecular complexity index is 443. The molecule has 0 aliphatic rings. The van der Waals surface area contributed by atoms with E-state index in [4.69, 9.17) is 5.73 Å². The molecule has 3 N–H and O–H groups in total. The van der Waals surface area contributed by atoms with Crippen LogP contribution in [0.4, 0.5) is 5.69 Å². The summed E-state index contributed by atoms with van der Waals surface area (Å²) in [6.07, 6.45) is 3.79. The van der Waals surface area contributed by atoms with E-state index < -0.39 is 4.92 Å². The van der Waals surface area contributed by atoms with E-state index in [0.29, 0.717) is 16.5 Å². The van der Waals surface area contributed by atoms with Crippen molar-refractivity contribution in [2.75, 3.05) is 0 Å². The highest BCUT2D eigenvalue weighted by atomic mass is 79.9. The maximum Gasteiger partial charge on any atom is 0.312 e. The summed E-state index contributed by atoms with van der Waals surface area (Å²) >= 11 is 3.19. The van der Waals surface area contributed by atoms with Crippen LogP contribution in [-0.4, -0.2) is 10.0 Å². The summed E-state index contributed by atoms with van der Waals surface area (Å²) in [5.74, 6) is -0.327. The molecule has 1 atom stereocenters. The zero-order chi connectivity index (χ0) is 13.7. The number of phenolic OH excluding ortho intramolecular Hbond substituents is 1. The number of unbranched alkanes of at least 4 members (excludes halogenated alkanes) is 2. The van der Waals surface area contributed by atoms with Gasteiger partial charge in [-0.15, -0.1) is 12.4 Å². The average Bonchev–Trinajstić information content (AvgIpc) is 2.31. The van der Waals surface area contributed by atoms with E-state index in [2.05, 4.69) is 22.9 Å². The molecule has 19 heavy (non-hydrogen) atoms. The molecule has 5 nitrogen and oxygen atoms in total. The van der Waals surface area contributed by atoms with Crippen molar-refractivity contribution < 1.29 is 10.0 Å². The Labute approximate surface area is 126 Å². The van der Waals surface area contributed by atoms with Crippen LogP contribution in [0.15, 0.2) is 16.6 Å². The van der Waals surface area contributed by atoms with Crippen molar-refractivity contribution in [3.05, 3.63) is 32.3 Å². The third-order valence-corrected chi connectivity index (χ3v) is 3.26. The minimum atomic E-state index is -0.609. The third kappa shape index (κ3) is 4.97. The van der Waals surface area contributed by atoms with Crippen LogP contribution in [-0.2, 0) is 0 Å². The summed E-state index contributed by atoms with van der Waals surface area (Å²) in [5, 5.41) is 20.7. The van der Waals surface area contributed by atoms with Crippen LogP contribution in [0.5, 0.6) is 5.75 Å². The lowest BCUT2D eigenvalue weighted by atomic mass is 10.00. The smallest absolute Gasteiger partial charge is 0.312 e. The number of hydrogen-bond acceptors (Lipinski definition) is 4. The van der Waals surface area contributed by atoms with E-state index in [9.17, 15) is 15.2 Å². The van der Waals surface area contributed by atoms with Gasteiger partial charge < -0.3 is 10.8 Å². The van der Waals surface area contributed by atoms with Gasteiger partial charge in [0.1, 0.15) is 0 Å². The molecule has 0 aliphatic heterocycles. The third-order valence-electron chi connectivity index (χ3n) is 2.80. The summed E-state index contributed by atoms with van der Waals surface area (Å²) < 4.78 is 0.549. The van der Waals surface area contributed by atoms with Crippen LogP contribution in [0.3, 0.4) is 0 Å². The number of nitrogens with zero attached hydrogens (tertiary/aromatic N) is 1. The molecule has 108 valence electrons. The molecule has 0 bridgehead atoms. The van der Waals surface area contributed by atoms with Gasteiger partial charge in [0, 0.05) is 22.1 Å². The number of phenols is 1. The van der Waals surface area contributed by atoms with Gasteiger partial charge >= 0.3 is 5.69 Å². The number of benzene rings is 1. The van der Waals surface area contributed by atoms with Gasteiger partial charge in [-0.2, -0.15) is 0 Å². The van der Waals surface area contributed by atoms with E-state index >= 15 is 0 Å². The van der Waals surface area contributed by atoms with Crippen molar-refractivity contribution in [2.45, 2.75) is 38.6 Å². The van der Waals surface area contributed by atoms with Crippen LogP contribution < -0.4 is 5.73 Å². The largest absolute Gasteiger partial charge is 0.502 e. The number of rotatable bonds is 6. The Kier molecular flexibility index (Phi) is 7.97. The molecule has 0 saturated carbocycles. The van der Waals surface area contributed by atoms with Crippen molar-refractivity contribution >= 4 is 34.0 Å². The molecule has 0 heterocycles. The van der Waals surface area contributed by atoms with E-state index in [1.807, 2.05) is 0 Å². The van der Waals surface area contributed by atoms with Crippen LogP contribution in [0.2, 0.25) is 0 Å². The van der Waals surface area contributed by atoms with Crippen molar-refractivity contribution in [3.8, 4) is 5.75 Å². The predicted octanol–water partition coefficient (Wildman–Crippen LogP) is 4.06. The first-order valence-electron chi connectivity index (χ1n) is 5.89. The van der Waals surface area contributed by atoms with Gasteiger partial charge in [-0.3, -0.25) is 10.1 Å². The highest BCUT2D eigenvalue weighted by molar-refractivity contribution is 9.10. The van der Waals surface area contributed by atoms with Crippen molar-refractivity contribution in [3.63, 3.8) is 0 Å². The lowest BCUT2D eigenvalue weighted by Crippen LogP contribution is -2.11. The zero-order valence-electron chi connectivity index (χ0n) is 10.6. The van der Waals surface area contributed by atoms with Gasteiger partial charge in [0.05, 0.1) is 4.92 Å². The van der Waals surface area contributed by atoms with E-state index in [1.54, 1.807) is 6.07 Å². The second kappa shape index (κ2) is 8.35. The molecule has 0 fully saturated rings. The van der Waals surface area contributed by atoms with Gasteiger partial charge in [0.25, 0.3) is 0 Å². The second-order valence-electron chi connectivity index (χ2n) is 4.22. The highest BCUT2D eigenvalue weighted by Crippen LogP contribution is 2.37. The number of hydrogen-bond donors (Lipinski definition) is 2. The quantitative estimate of drug-likeness (QED) is 0.458. The molecule has 0 saturated heterocycles. The Balaban J connectivity index is 0.00000324. The molecule has 0 spiro atoms. The first-order valence-corrected chi connectivity index (χ1v) is 6.69. The number of nitro groups is 1. The average molecular weight is 354 g/mol. The molecule has 1 aromatic carbocycles. The molecule has 0 radical (unpaired) electrons. The maximum absolute atomic E-state index is 10.8. The van der Waals surface area contributed by atoms with Crippen molar-refractivity contribution in [1.29, 1.82) is 0 Å². The molecular formula is C12H18BrClN2O3. The Hall–Kier alpha value is -0.850. The molecule has 0 aromatic heterocycles. The monoisotopic (exact) mass is 352 g/mol. The second-order valence-corrected chi connectivity index (χ2v) is 5.14. The topological polar surface area (TPSA) is 89.4 Å². The lowest BCUT2D eigenvalue weighted by molar-refractivity contribution is -0.386. The summed E-state index contributed by atoms with van der Waals surface area (Å²) in [5.41, 5.74) is 6.08. The maximum atomic E-state index is 10.8. The molecular weight excluding hydrogens is 336 g/mol. The van der Waals surface area contributed by atoms with Crippen LogP contribution in [0, 0.1) is 10.1 Å².